The van der Waals surface area contributed by atoms with Crippen LogP contribution in [0.5, 0.6) is 0 Å². The number of hydrogen-bond donors (Lipinski definition) is 2. The second-order valence-electron chi connectivity index (χ2n) is 4.11. The Labute approximate surface area is 124 Å². The van der Waals surface area contributed by atoms with Crippen molar-refractivity contribution in [2.45, 2.75) is 17.7 Å². The van der Waals surface area contributed by atoms with Crippen LogP contribution in [0.1, 0.15) is 18.4 Å². The molecule has 5 nitrogen and oxygen atoms in total. The van der Waals surface area contributed by atoms with Crippen LogP contribution in [-0.4, -0.2) is 27.9 Å². The summed E-state index contributed by atoms with van der Waals surface area (Å²) in [6.45, 7) is 5.53. The molecule has 0 fully saturated rings. The van der Waals surface area contributed by atoms with Crippen molar-refractivity contribution in [2.75, 3.05) is 12.8 Å². The van der Waals surface area contributed by atoms with E-state index < -0.39 is 10.2 Å². The van der Waals surface area contributed by atoms with Crippen LogP contribution in [0.2, 0.25) is 0 Å². The van der Waals surface area contributed by atoms with E-state index >= 15 is 0 Å². The van der Waals surface area contributed by atoms with E-state index in [4.69, 9.17) is 0 Å². The minimum absolute atomic E-state index is 0.0803. The number of nitrogens with zero attached hydrogens (tertiary/aromatic N) is 1. The second-order valence-corrected chi connectivity index (χ2v) is 6.49. The van der Waals surface area contributed by atoms with Gasteiger partial charge in [-0.15, -0.1) is 11.8 Å². The first-order valence-electron chi connectivity index (χ1n) is 6.01. The first-order valence-corrected chi connectivity index (χ1v) is 8.71. The molecule has 7 heteroatoms. The van der Waals surface area contributed by atoms with Crippen molar-refractivity contribution < 1.29 is 8.42 Å². The van der Waals surface area contributed by atoms with Crippen molar-refractivity contribution in [3.63, 3.8) is 0 Å². The Hall–Kier alpha value is -1.31. The molecule has 0 saturated heterocycles. The van der Waals surface area contributed by atoms with Crippen LogP contribution in [-0.2, 0) is 10.2 Å². The molecular formula is C13H19N3O2S2. The molecule has 0 bridgehead atoms. The molecule has 1 aromatic rings. The third-order valence-electron chi connectivity index (χ3n) is 2.65. The van der Waals surface area contributed by atoms with Crippen LogP contribution in [0.15, 0.2) is 46.6 Å². The molecule has 0 aliphatic rings. The van der Waals surface area contributed by atoms with Crippen LogP contribution in [0.25, 0.3) is 0 Å². The zero-order valence-electron chi connectivity index (χ0n) is 11.5. The zero-order chi connectivity index (χ0) is 15.0. The zero-order valence-corrected chi connectivity index (χ0v) is 13.2. The maximum atomic E-state index is 11.7. The largest absolute Gasteiger partial charge is 0.298 e. The number of thioether (sulfide) groups is 1. The molecule has 2 N–H and O–H groups in total. The highest BCUT2D eigenvalue weighted by molar-refractivity contribution is 7.98. The summed E-state index contributed by atoms with van der Waals surface area (Å²) < 4.78 is 28.1. The summed E-state index contributed by atoms with van der Waals surface area (Å²) in [4.78, 5) is 4.57. The lowest BCUT2D eigenvalue weighted by atomic mass is 10.0. The fraction of sp³-hybridized carbons (Fsp3) is 0.308. The third-order valence-corrected chi connectivity index (χ3v) is 4.46. The summed E-state index contributed by atoms with van der Waals surface area (Å²) in [7, 11) is -3.56. The quantitative estimate of drug-likeness (QED) is 0.570. The van der Waals surface area contributed by atoms with Gasteiger partial charge in [-0.2, -0.15) is 13.1 Å². The Morgan fingerprint density at radius 3 is 2.80 bits per heavy atom. The van der Waals surface area contributed by atoms with Gasteiger partial charge in [-0.3, -0.25) is 9.71 Å². The van der Waals surface area contributed by atoms with Gasteiger partial charge in [0.1, 0.15) is 0 Å². The minimum Gasteiger partial charge on any atom is -0.276 e. The highest BCUT2D eigenvalue weighted by atomic mass is 32.2. The van der Waals surface area contributed by atoms with Gasteiger partial charge in [-0.1, -0.05) is 25.1 Å². The van der Waals surface area contributed by atoms with Gasteiger partial charge in [0.15, 0.2) is 0 Å². The summed E-state index contributed by atoms with van der Waals surface area (Å²) >= 11 is 1.65. The van der Waals surface area contributed by atoms with Crippen LogP contribution in [0.4, 0.5) is 0 Å². The summed E-state index contributed by atoms with van der Waals surface area (Å²) in [6, 6.07) is 7.97. The number of aliphatic imine (C=N–C) groups is 1. The lowest BCUT2D eigenvalue weighted by Gasteiger charge is -2.16. The molecule has 1 rings (SSSR count). The monoisotopic (exact) mass is 313 g/mol. The smallest absolute Gasteiger partial charge is 0.276 e. The van der Waals surface area contributed by atoms with Crippen molar-refractivity contribution in [3.8, 4) is 0 Å². The van der Waals surface area contributed by atoms with E-state index in [0.717, 1.165) is 10.5 Å². The minimum atomic E-state index is -3.56. The molecule has 1 unspecified atom stereocenters. The Morgan fingerprint density at radius 1 is 1.45 bits per heavy atom. The van der Waals surface area contributed by atoms with Gasteiger partial charge in [0.25, 0.3) is 10.2 Å². The molecule has 1 atom stereocenters. The van der Waals surface area contributed by atoms with E-state index in [1.54, 1.807) is 11.8 Å². The molecule has 0 aliphatic carbocycles. The average molecular weight is 313 g/mol. The third kappa shape index (κ3) is 5.36. The van der Waals surface area contributed by atoms with Crippen molar-refractivity contribution in [3.05, 3.63) is 42.2 Å². The normalized spacial score (nSPS) is 13.3. The van der Waals surface area contributed by atoms with Crippen LogP contribution in [0, 0.1) is 0 Å². The van der Waals surface area contributed by atoms with Gasteiger partial charge in [0, 0.05) is 23.8 Å². The topological polar surface area (TPSA) is 70.6 Å². The molecule has 0 saturated carbocycles. The standard InChI is InChI=1S/C13H19N3O2S2/c1-11(12-6-4-5-7-13(12)19-3)10-16-20(17,18)15-9-8-14-2/h4-9,11,15-16H,2,10H2,1,3H3/b9-8-. The average Bonchev–Trinajstić information content (AvgIpc) is 2.45. The molecule has 110 valence electrons. The van der Waals surface area contributed by atoms with Gasteiger partial charge in [-0.25, -0.2) is 0 Å². The van der Waals surface area contributed by atoms with Gasteiger partial charge < -0.3 is 0 Å². The lowest BCUT2D eigenvalue weighted by Crippen LogP contribution is -2.35. The molecule has 20 heavy (non-hydrogen) atoms. The van der Waals surface area contributed by atoms with Crippen molar-refractivity contribution in [1.29, 1.82) is 0 Å². The fourth-order valence-corrected chi connectivity index (χ4v) is 3.14. The van der Waals surface area contributed by atoms with Crippen molar-refractivity contribution >= 4 is 28.7 Å². The number of benzene rings is 1. The summed E-state index contributed by atoms with van der Waals surface area (Å²) in [5, 5.41) is 0. The molecule has 0 aromatic heterocycles. The Balaban J connectivity index is 2.65. The number of rotatable bonds is 8. The summed E-state index contributed by atoms with van der Waals surface area (Å²) in [5.74, 6) is 0.0803. The first-order chi connectivity index (χ1) is 9.50. The lowest BCUT2D eigenvalue weighted by molar-refractivity contribution is 0.568. The van der Waals surface area contributed by atoms with E-state index in [0.29, 0.717) is 6.54 Å². The second kappa shape index (κ2) is 8.08. The predicted octanol–water partition coefficient (Wildman–Crippen LogP) is 2.11. The number of hydrogen-bond acceptors (Lipinski definition) is 4. The molecule has 0 amide bonds. The van der Waals surface area contributed by atoms with E-state index in [2.05, 4.69) is 21.2 Å². The SMILES string of the molecule is C=N/C=C\NS(=O)(=O)NCC(C)c1ccccc1SC. The van der Waals surface area contributed by atoms with Crippen LogP contribution in [0.3, 0.4) is 0 Å². The van der Waals surface area contributed by atoms with Gasteiger partial charge in [-0.05, 0) is 30.5 Å². The summed E-state index contributed by atoms with van der Waals surface area (Å²) in [5.41, 5.74) is 1.13. The maximum absolute atomic E-state index is 11.7. The van der Waals surface area contributed by atoms with Gasteiger partial charge in [0.2, 0.25) is 0 Å². The highest BCUT2D eigenvalue weighted by Crippen LogP contribution is 2.26. The molecule has 0 aliphatic heterocycles. The maximum Gasteiger partial charge on any atom is 0.298 e. The Bertz CT molecular complexity index is 571. The Kier molecular flexibility index (Phi) is 6.77. The van der Waals surface area contributed by atoms with E-state index in [1.807, 2.05) is 37.4 Å². The van der Waals surface area contributed by atoms with Crippen LogP contribution >= 0.6 is 11.8 Å². The van der Waals surface area contributed by atoms with Crippen molar-refractivity contribution in [1.82, 2.24) is 9.44 Å². The predicted molar refractivity (Wildman–Crippen MR) is 85.4 cm³/mol. The fourth-order valence-electron chi connectivity index (χ4n) is 1.63. The molecule has 1 aromatic carbocycles. The van der Waals surface area contributed by atoms with Crippen LogP contribution < -0.4 is 9.44 Å². The van der Waals surface area contributed by atoms with E-state index in [9.17, 15) is 8.42 Å². The Morgan fingerprint density at radius 2 is 2.15 bits per heavy atom. The van der Waals surface area contributed by atoms with E-state index in [-0.39, 0.29) is 5.92 Å². The summed E-state index contributed by atoms with van der Waals surface area (Å²) in [6.07, 6.45) is 4.49. The molecule has 0 heterocycles. The first kappa shape index (κ1) is 16.7. The molecule has 0 radical (unpaired) electrons. The molecule has 0 spiro atoms. The van der Waals surface area contributed by atoms with Gasteiger partial charge in [0.05, 0.1) is 0 Å². The van der Waals surface area contributed by atoms with Gasteiger partial charge >= 0.3 is 0 Å². The number of nitrogens with one attached hydrogen (secondary N) is 2. The van der Waals surface area contributed by atoms with Crippen molar-refractivity contribution in [2.24, 2.45) is 4.99 Å². The van der Waals surface area contributed by atoms with E-state index in [1.165, 1.54) is 12.4 Å². The highest BCUT2D eigenvalue weighted by Gasteiger charge is 2.13. The molecular weight excluding hydrogens is 294 g/mol.